The molecule has 0 atom stereocenters. The average Bonchev–Trinajstić information content (AvgIpc) is 1.89. The predicted molar refractivity (Wildman–Crippen MR) is 32.9 cm³/mol. The van der Waals surface area contributed by atoms with E-state index >= 15 is 0 Å². The molecule has 0 saturated heterocycles. The van der Waals surface area contributed by atoms with Crippen LogP contribution in [0.25, 0.3) is 0 Å². The number of rotatable bonds is 0. The molecule has 0 aliphatic heterocycles. The summed E-state index contributed by atoms with van der Waals surface area (Å²) in [6.07, 6.45) is 1.57. The highest BCUT2D eigenvalue weighted by atomic mass is 16.2. The van der Waals surface area contributed by atoms with E-state index in [0.717, 1.165) is 0 Å². The summed E-state index contributed by atoms with van der Waals surface area (Å²) in [4.78, 5) is 21.4. The van der Waals surface area contributed by atoms with Crippen molar-refractivity contribution in [3.8, 4) is 0 Å². The van der Waals surface area contributed by atoms with E-state index in [9.17, 15) is 9.59 Å². The van der Waals surface area contributed by atoms with Crippen LogP contribution in [0.15, 0.2) is 11.6 Å². The number of allylic oxidation sites excluding steroid dienone is 2. The van der Waals surface area contributed by atoms with Crippen LogP contribution in [0.2, 0.25) is 0 Å². The zero-order chi connectivity index (χ0) is 7.02. The molecule has 0 aromatic rings. The number of carbonyl (C=O) groups is 2. The van der Waals surface area contributed by atoms with Crippen LogP contribution in [0.4, 0.5) is 0 Å². The summed E-state index contributed by atoms with van der Waals surface area (Å²) >= 11 is 0. The Bertz CT molecular complexity index is 183. The molecule has 0 amide bonds. The summed E-state index contributed by atoms with van der Waals surface area (Å²) in [6.45, 7) is 3.34. The van der Waals surface area contributed by atoms with Gasteiger partial charge >= 0.3 is 0 Å². The highest BCUT2D eigenvalue weighted by Gasteiger charge is 2.39. The van der Waals surface area contributed by atoms with Crippen molar-refractivity contribution < 1.29 is 9.59 Å². The third-order valence-corrected chi connectivity index (χ3v) is 1.61. The Kier molecular flexibility index (Phi) is 1.24. The van der Waals surface area contributed by atoms with Gasteiger partial charge in [-0.2, -0.15) is 0 Å². The van der Waals surface area contributed by atoms with E-state index in [1.807, 2.05) is 0 Å². The Hall–Kier alpha value is -0.920. The van der Waals surface area contributed by atoms with Gasteiger partial charge in [0.25, 0.3) is 0 Å². The first-order valence-corrected chi connectivity index (χ1v) is 2.93. The molecule has 48 valence electrons. The Morgan fingerprint density at radius 2 is 1.78 bits per heavy atom. The maximum atomic E-state index is 10.7. The van der Waals surface area contributed by atoms with Crippen molar-refractivity contribution in [1.29, 1.82) is 0 Å². The van der Waals surface area contributed by atoms with Gasteiger partial charge in [0, 0.05) is 0 Å². The highest BCUT2D eigenvalue weighted by Crippen LogP contribution is 2.23. The first-order chi connectivity index (χ1) is 4.18. The minimum atomic E-state index is -0.365. The molecule has 0 aromatic heterocycles. The smallest absolute Gasteiger partial charge is 0.176 e. The summed E-state index contributed by atoms with van der Waals surface area (Å²) in [5.74, 6) is -0.388. The molecule has 1 fully saturated rings. The zero-order valence-corrected chi connectivity index (χ0v) is 5.47. The highest BCUT2D eigenvalue weighted by molar-refractivity contribution is 6.38. The summed E-state index contributed by atoms with van der Waals surface area (Å²) in [5.41, 5.74) is 0.377. The van der Waals surface area contributed by atoms with E-state index in [1.54, 1.807) is 19.9 Å². The lowest BCUT2D eigenvalue weighted by Crippen LogP contribution is -2.38. The summed E-state index contributed by atoms with van der Waals surface area (Å²) in [5, 5.41) is 0. The molecule has 0 N–H and O–H groups in total. The van der Waals surface area contributed by atoms with Crippen molar-refractivity contribution in [1.82, 2.24) is 0 Å². The van der Waals surface area contributed by atoms with Crippen LogP contribution >= 0.6 is 0 Å². The van der Waals surface area contributed by atoms with Gasteiger partial charge in [0.2, 0.25) is 0 Å². The lowest BCUT2D eigenvalue weighted by molar-refractivity contribution is -0.136. The van der Waals surface area contributed by atoms with Crippen LogP contribution in [0.1, 0.15) is 13.8 Å². The standard InChI is InChI=1S/C7H8O2/c1-3-5-6(8)4(2)7(5)9/h3-4H,1-2H3. The molecule has 0 unspecified atom stereocenters. The van der Waals surface area contributed by atoms with Gasteiger partial charge in [-0.15, -0.1) is 0 Å². The Labute approximate surface area is 53.6 Å². The molecular formula is C7H8O2. The van der Waals surface area contributed by atoms with Crippen molar-refractivity contribution in [2.45, 2.75) is 13.8 Å². The monoisotopic (exact) mass is 124 g/mol. The fraction of sp³-hybridized carbons (Fsp3) is 0.429. The number of ketones is 2. The van der Waals surface area contributed by atoms with Gasteiger partial charge in [-0.05, 0) is 13.8 Å². The van der Waals surface area contributed by atoms with Crippen LogP contribution in [0.5, 0.6) is 0 Å². The van der Waals surface area contributed by atoms with E-state index in [0.29, 0.717) is 5.57 Å². The summed E-state index contributed by atoms with van der Waals surface area (Å²) < 4.78 is 0. The number of carbonyl (C=O) groups excluding carboxylic acids is 2. The van der Waals surface area contributed by atoms with Crippen LogP contribution in [0.3, 0.4) is 0 Å². The molecule has 1 aliphatic rings. The van der Waals surface area contributed by atoms with Crippen molar-refractivity contribution >= 4 is 11.6 Å². The Balaban J connectivity index is 2.86. The summed E-state index contributed by atoms with van der Waals surface area (Å²) in [7, 11) is 0. The SMILES string of the molecule is CC=C1C(=O)C(C)C1=O. The second-order valence-corrected chi connectivity index (χ2v) is 2.15. The first kappa shape index (κ1) is 6.20. The Morgan fingerprint density at radius 1 is 1.33 bits per heavy atom. The Morgan fingerprint density at radius 3 is 2.00 bits per heavy atom. The van der Waals surface area contributed by atoms with Gasteiger partial charge in [-0.3, -0.25) is 9.59 Å². The molecule has 1 saturated carbocycles. The van der Waals surface area contributed by atoms with Crippen molar-refractivity contribution in [3.63, 3.8) is 0 Å². The zero-order valence-electron chi connectivity index (χ0n) is 5.47. The summed E-state index contributed by atoms with van der Waals surface area (Å²) in [6, 6.07) is 0. The molecule has 2 nitrogen and oxygen atoms in total. The van der Waals surface area contributed by atoms with Crippen molar-refractivity contribution in [2.24, 2.45) is 5.92 Å². The van der Waals surface area contributed by atoms with E-state index in [4.69, 9.17) is 0 Å². The normalized spacial score (nSPS) is 26.0. The van der Waals surface area contributed by atoms with E-state index in [-0.39, 0.29) is 17.5 Å². The van der Waals surface area contributed by atoms with Crippen LogP contribution in [-0.4, -0.2) is 11.6 Å². The van der Waals surface area contributed by atoms with Gasteiger partial charge < -0.3 is 0 Å². The van der Waals surface area contributed by atoms with Crippen LogP contribution in [0, 0.1) is 5.92 Å². The van der Waals surface area contributed by atoms with Crippen molar-refractivity contribution in [2.75, 3.05) is 0 Å². The lowest BCUT2D eigenvalue weighted by atomic mass is 9.78. The van der Waals surface area contributed by atoms with E-state index in [2.05, 4.69) is 0 Å². The minimum Gasteiger partial charge on any atom is -0.293 e. The first-order valence-electron chi connectivity index (χ1n) is 2.93. The van der Waals surface area contributed by atoms with E-state index in [1.165, 1.54) is 0 Å². The van der Waals surface area contributed by atoms with Gasteiger partial charge in [0.1, 0.15) is 0 Å². The second kappa shape index (κ2) is 1.79. The minimum absolute atomic E-state index is 0.0116. The molecule has 1 rings (SSSR count). The second-order valence-electron chi connectivity index (χ2n) is 2.15. The van der Waals surface area contributed by atoms with E-state index < -0.39 is 0 Å². The molecule has 9 heavy (non-hydrogen) atoms. The fourth-order valence-electron chi connectivity index (χ4n) is 0.914. The quantitative estimate of drug-likeness (QED) is 0.271. The van der Waals surface area contributed by atoms with Gasteiger partial charge in [-0.25, -0.2) is 0 Å². The van der Waals surface area contributed by atoms with Gasteiger partial charge in [0.05, 0.1) is 11.5 Å². The average molecular weight is 124 g/mol. The molecule has 2 heteroatoms. The lowest BCUT2D eigenvalue weighted by Gasteiger charge is -2.20. The molecule has 0 spiro atoms. The fourth-order valence-corrected chi connectivity index (χ4v) is 0.914. The van der Waals surface area contributed by atoms with Crippen molar-refractivity contribution in [3.05, 3.63) is 11.6 Å². The number of Topliss-reactive ketones (excluding diaryl/α,β-unsaturated/α-hetero) is 2. The topological polar surface area (TPSA) is 34.1 Å². The largest absolute Gasteiger partial charge is 0.293 e. The maximum absolute atomic E-state index is 10.7. The third kappa shape index (κ3) is 0.626. The molecule has 1 aliphatic carbocycles. The van der Waals surface area contributed by atoms with Crippen LogP contribution < -0.4 is 0 Å². The molecule has 0 aromatic carbocycles. The molecule has 0 heterocycles. The predicted octanol–water partition coefficient (Wildman–Crippen LogP) is 0.721. The third-order valence-electron chi connectivity index (χ3n) is 1.61. The van der Waals surface area contributed by atoms with Gasteiger partial charge in [-0.1, -0.05) is 6.08 Å². The molecule has 0 radical (unpaired) electrons. The molecular weight excluding hydrogens is 116 g/mol. The van der Waals surface area contributed by atoms with Crippen LogP contribution in [-0.2, 0) is 9.59 Å². The number of hydrogen-bond acceptors (Lipinski definition) is 2. The number of hydrogen-bond donors (Lipinski definition) is 0. The maximum Gasteiger partial charge on any atom is 0.176 e. The van der Waals surface area contributed by atoms with Gasteiger partial charge in [0.15, 0.2) is 11.6 Å². The molecule has 0 bridgehead atoms.